The van der Waals surface area contributed by atoms with Gasteiger partial charge in [0, 0.05) is 17.7 Å². The molecule has 1 N–H and O–H groups in total. The summed E-state index contributed by atoms with van der Waals surface area (Å²) >= 11 is 0. The van der Waals surface area contributed by atoms with Crippen molar-refractivity contribution in [3.63, 3.8) is 0 Å². The maximum absolute atomic E-state index is 12.6. The Balaban J connectivity index is 1.57. The fourth-order valence-electron chi connectivity index (χ4n) is 2.97. The average molecular weight is 549 g/mol. The number of ether oxygens (including phenoxy) is 6. The number of carbonyl (C=O) groups is 4. The van der Waals surface area contributed by atoms with Gasteiger partial charge in [0.2, 0.25) is 13.6 Å². The van der Waals surface area contributed by atoms with Gasteiger partial charge in [0.15, 0.2) is 0 Å². The van der Waals surface area contributed by atoms with E-state index >= 15 is 0 Å². The number of benzene rings is 3. The minimum Gasteiger partial charge on any atom is -0.457 e. The number of aliphatic hydroxyl groups is 1. The molecule has 11 heteroatoms. The Hall–Kier alpha value is -5.42. The molecule has 0 fully saturated rings. The highest BCUT2D eigenvalue weighted by molar-refractivity contribution is 5.92. The van der Waals surface area contributed by atoms with Crippen LogP contribution in [0.1, 0.15) is 26.3 Å². The van der Waals surface area contributed by atoms with E-state index in [0.29, 0.717) is 11.5 Å². The normalized spacial score (nSPS) is 10.0. The standard InChI is InChI=1S/C29H24O11/c1-3-26(31)37-17-35-22-9-5-19(6-10-22)28(33)39-24-13-14-25(21(15-24)16-30)40-29(34)20-7-11-23(12-8-20)36-18-38-27(32)4-2/h3-15,30H,1-2,16-18H2. The van der Waals surface area contributed by atoms with E-state index < -0.39 is 30.5 Å². The molecule has 0 spiro atoms. The third-order valence-electron chi connectivity index (χ3n) is 4.98. The summed E-state index contributed by atoms with van der Waals surface area (Å²) in [6.45, 7) is 5.42. The van der Waals surface area contributed by atoms with Gasteiger partial charge in [-0.25, -0.2) is 19.2 Å². The lowest BCUT2D eigenvalue weighted by atomic mass is 10.2. The first-order valence-corrected chi connectivity index (χ1v) is 11.5. The van der Waals surface area contributed by atoms with Crippen molar-refractivity contribution in [2.75, 3.05) is 13.6 Å². The van der Waals surface area contributed by atoms with E-state index in [-0.39, 0.29) is 41.8 Å². The second-order valence-electron chi connectivity index (χ2n) is 7.61. The maximum atomic E-state index is 12.6. The Morgan fingerprint density at radius 1 is 0.650 bits per heavy atom. The van der Waals surface area contributed by atoms with Crippen LogP contribution in [-0.4, -0.2) is 42.6 Å². The SMILES string of the molecule is C=CC(=O)OCOc1ccc(C(=O)Oc2ccc(OC(=O)c3ccc(OCOC(=O)C=C)cc3)c(CO)c2)cc1. The van der Waals surface area contributed by atoms with Crippen molar-refractivity contribution < 1.29 is 52.7 Å². The van der Waals surface area contributed by atoms with E-state index in [1.54, 1.807) is 0 Å². The van der Waals surface area contributed by atoms with Crippen LogP contribution < -0.4 is 18.9 Å². The Morgan fingerprint density at radius 3 is 1.55 bits per heavy atom. The summed E-state index contributed by atoms with van der Waals surface area (Å²) < 4.78 is 30.7. The minimum absolute atomic E-state index is 0.0719. The first-order valence-electron chi connectivity index (χ1n) is 11.5. The van der Waals surface area contributed by atoms with Crippen LogP contribution in [0, 0.1) is 0 Å². The zero-order chi connectivity index (χ0) is 28.9. The van der Waals surface area contributed by atoms with Crippen LogP contribution in [0.3, 0.4) is 0 Å². The molecule has 40 heavy (non-hydrogen) atoms. The second-order valence-corrected chi connectivity index (χ2v) is 7.61. The van der Waals surface area contributed by atoms with Crippen molar-refractivity contribution in [2.45, 2.75) is 6.61 Å². The van der Waals surface area contributed by atoms with Gasteiger partial charge in [0.1, 0.15) is 23.0 Å². The number of hydrogen-bond donors (Lipinski definition) is 1. The molecule has 0 aliphatic rings. The largest absolute Gasteiger partial charge is 0.457 e. The molecule has 0 heterocycles. The molecule has 0 bridgehead atoms. The van der Waals surface area contributed by atoms with Crippen molar-refractivity contribution >= 4 is 23.9 Å². The molecule has 0 atom stereocenters. The van der Waals surface area contributed by atoms with Gasteiger partial charge in [-0.1, -0.05) is 13.2 Å². The first kappa shape index (κ1) is 29.1. The third kappa shape index (κ3) is 8.57. The van der Waals surface area contributed by atoms with Crippen LogP contribution >= 0.6 is 0 Å². The number of esters is 4. The lowest BCUT2D eigenvalue weighted by Crippen LogP contribution is -2.12. The molecule has 3 rings (SSSR count). The lowest BCUT2D eigenvalue weighted by Gasteiger charge is -2.12. The van der Waals surface area contributed by atoms with Crippen LogP contribution in [0.25, 0.3) is 0 Å². The van der Waals surface area contributed by atoms with Gasteiger partial charge in [-0.15, -0.1) is 0 Å². The molecule has 0 saturated heterocycles. The average Bonchev–Trinajstić information content (AvgIpc) is 2.98. The molecule has 0 aromatic heterocycles. The van der Waals surface area contributed by atoms with Gasteiger partial charge < -0.3 is 33.5 Å². The minimum atomic E-state index is -0.703. The molecule has 0 saturated carbocycles. The number of rotatable bonds is 13. The van der Waals surface area contributed by atoms with E-state index in [9.17, 15) is 24.3 Å². The molecule has 0 unspecified atom stereocenters. The van der Waals surface area contributed by atoms with Crippen molar-refractivity contribution in [3.8, 4) is 23.0 Å². The molecule has 11 nitrogen and oxygen atoms in total. The number of aliphatic hydroxyl groups excluding tert-OH is 1. The molecular weight excluding hydrogens is 524 g/mol. The van der Waals surface area contributed by atoms with Gasteiger partial charge in [-0.3, -0.25) is 0 Å². The summed E-state index contributed by atoms with van der Waals surface area (Å²) in [6, 6.07) is 16.0. The van der Waals surface area contributed by atoms with Gasteiger partial charge >= 0.3 is 23.9 Å². The van der Waals surface area contributed by atoms with Crippen LogP contribution in [0.5, 0.6) is 23.0 Å². The summed E-state index contributed by atoms with van der Waals surface area (Å²) in [5.41, 5.74) is 0.615. The second kappa shape index (κ2) is 14.5. The van der Waals surface area contributed by atoms with E-state index in [1.807, 2.05) is 0 Å². The summed E-state index contributed by atoms with van der Waals surface area (Å²) in [5.74, 6) is -1.75. The highest BCUT2D eigenvalue weighted by Gasteiger charge is 2.15. The molecule has 0 radical (unpaired) electrons. The highest BCUT2D eigenvalue weighted by atomic mass is 16.7. The zero-order valence-corrected chi connectivity index (χ0v) is 21.1. The first-order chi connectivity index (χ1) is 19.3. The van der Waals surface area contributed by atoms with Gasteiger partial charge in [-0.05, 0) is 66.7 Å². The summed E-state index contributed by atoms with van der Waals surface area (Å²) in [7, 11) is 0. The quantitative estimate of drug-likeness (QED) is 0.144. The molecule has 206 valence electrons. The summed E-state index contributed by atoms with van der Waals surface area (Å²) in [5, 5.41) is 9.76. The number of hydrogen-bond acceptors (Lipinski definition) is 11. The Labute approximate surface area is 228 Å². The Morgan fingerprint density at radius 2 is 1.10 bits per heavy atom. The molecular formula is C29H24O11. The highest BCUT2D eigenvalue weighted by Crippen LogP contribution is 2.26. The van der Waals surface area contributed by atoms with Crippen LogP contribution in [0.2, 0.25) is 0 Å². The predicted molar refractivity (Wildman–Crippen MR) is 139 cm³/mol. The predicted octanol–water partition coefficient (Wildman–Crippen LogP) is 3.75. The molecule has 0 amide bonds. The summed E-state index contributed by atoms with van der Waals surface area (Å²) in [6.07, 6.45) is 2.01. The number of carbonyl (C=O) groups excluding carboxylic acids is 4. The monoisotopic (exact) mass is 548 g/mol. The van der Waals surface area contributed by atoms with Crippen LogP contribution in [-0.2, 0) is 25.7 Å². The van der Waals surface area contributed by atoms with Gasteiger partial charge in [0.05, 0.1) is 17.7 Å². The van der Waals surface area contributed by atoms with Crippen molar-refractivity contribution in [1.82, 2.24) is 0 Å². The Bertz CT molecular complexity index is 1380. The van der Waals surface area contributed by atoms with E-state index in [2.05, 4.69) is 13.2 Å². The third-order valence-corrected chi connectivity index (χ3v) is 4.98. The zero-order valence-electron chi connectivity index (χ0n) is 21.1. The fourth-order valence-corrected chi connectivity index (χ4v) is 2.97. The topological polar surface area (TPSA) is 144 Å². The van der Waals surface area contributed by atoms with E-state index in [1.165, 1.54) is 66.7 Å². The van der Waals surface area contributed by atoms with E-state index in [0.717, 1.165) is 12.2 Å². The Kier molecular flexibility index (Phi) is 10.6. The maximum Gasteiger partial charge on any atom is 0.343 e. The summed E-state index contributed by atoms with van der Waals surface area (Å²) in [4.78, 5) is 47.2. The molecule has 3 aromatic rings. The smallest absolute Gasteiger partial charge is 0.343 e. The molecule has 3 aromatic carbocycles. The molecule has 0 aliphatic heterocycles. The fraction of sp³-hybridized carbons (Fsp3) is 0.103. The van der Waals surface area contributed by atoms with Crippen LogP contribution in [0.4, 0.5) is 0 Å². The van der Waals surface area contributed by atoms with Gasteiger partial charge in [-0.2, -0.15) is 0 Å². The van der Waals surface area contributed by atoms with E-state index in [4.69, 9.17) is 28.4 Å². The van der Waals surface area contributed by atoms with Crippen molar-refractivity contribution in [2.24, 2.45) is 0 Å². The lowest BCUT2D eigenvalue weighted by molar-refractivity contribution is -0.145. The van der Waals surface area contributed by atoms with Crippen molar-refractivity contribution in [3.05, 3.63) is 109 Å². The molecule has 0 aliphatic carbocycles. The van der Waals surface area contributed by atoms with Crippen LogP contribution in [0.15, 0.2) is 92.0 Å². The van der Waals surface area contributed by atoms with Crippen molar-refractivity contribution in [1.29, 1.82) is 0 Å². The van der Waals surface area contributed by atoms with Gasteiger partial charge in [0.25, 0.3) is 0 Å².